The summed E-state index contributed by atoms with van der Waals surface area (Å²) in [6.45, 7) is 4.15. The third-order valence-electron chi connectivity index (χ3n) is 4.66. The summed E-state index contributed by atoms with van der Waals surface area (Å²) in [7, 11) is -3.74. The van der Waals surface area contributed by atoms with E-state index in [1.165, 1.54) is 28.6 Å². The predicted molar refractivity (Wildman–Crippen MR) is 94.6 cm³/mol. The van der Waals surface area contributed by atoms with Crippen LogP contribution >= 0.6 is 0 Å². The fourth-order valence-electron chi connectivity index (χ4n) is 3.37. The van der Waals surface area contributed by atoms with Crippen LogP contribution in [0.5, 0.6) is 0 Å². The number of rotatable bonds is 5. The Kier molecular flexibility index (Phi) is 5.31. The molecule has 2 heterocycles. The molecule has 0 saturated carbocycles. The van der Waals surface area contributed by atoms with Gasteiger partial charge in [-0.15, -0.1) is 0 Å². The minimum atomic E-state index is -3.74. The van der Waals surface area contributed by atoms with Crippen LogP contribution in [-0.4, -0.2) is 54.9 Å². The Bertz CT molecular complexity index is 915. The van der Waals surface area contributed by atoms with Crippen molar-refractivity contribution >= 4 is 15.9 Å². The van der Waals surface area contributed by atoms with Crippen molar-refractivity contribution in [2.75, 3.05) is 26.2 Å². The van der Waals surface area contributed by atoms with Gasteiger partial charge in [-0.05, 0) is 31.5 Å². The van der Waals surface area contributed by atoms with Gasteiger partial charge in [0, 0.05) is 26.2 Å². The van der Waals surface area contributed by atoms with Crippen molar-refractivity contribution in [2.24, 2.45) is 5.73 Å². The van der Waals surface area contributed by atoms with E-state index < -0.39 is 27.8 Å². The summed E-state index contributed by atoms with van der Waals surface area (Å²) in [4.78, 5) is 13.9. The molecule has 3 rings (SSSR count). The lowest BCUT2D eigenvalue weighted by Gasteiger charge is -2.37. The fraction of sp³-hybridized carbons (Fsp3) is 0.412. The highest BCUT2D eigenvalue weighted by Gasteiger charge is 2.36. The number of carbonyl (C=O) groups is 1. The Morgan fingerprint density at radius 2 is 1.78 bits per heavy atom. The zero-order valence-corrected chi connectivity index (χ0v) is 15.9. The quantitative estimate of drug-likeness (QED) is 0.806. The van der Waals surface area contributed by atoms with E-state index in [2.05, 4.69) is 5.16 Å². The summed E-state index contributed by atoms with van der Waals surface area (Å²) < 4.78 is 45.2. The molecule has 8 nitrogen and oxygen atoms in total. The summed E-state index contributed by atoms with van der Waals surface area (Å²) in [6, 6.07) is 4.82. The van der Waals surface area contributed by atoms with Gasteiger partial charge in [0.15, 0.2) is 5.76 Å². The van der Waals surface area contributed by atoms with Gasteiger partial charge in [-0.1, -0.05) is 17.3 Å². The van der Waals surface area contributed by atoms with Crippen LogP contribution < -0.4 is 5.73 Å². The van der Waals surface area contributed by atoms with Gasteiger partial charge in [0.1, 0.15) is 22.4 Å². The van der Waals surface area contributed by atoms with Gasteiger partial charge in [0.25, 0.3) is 0 Å². The first-order valence-electron chi connectivity index (χ1n) is 8.43. The molecule has 0 bridgehead atoms. The Balaban J connectivity index is 1.77. The van der Waals surface area contributed by atoms with Gasteiger partial charge in [0.05, 0.1) is 0 Å². The van der Waals surface area contributed by atoms with Crippen molar-refractivity contribution in [3.8, 4) is 0 Å². The number of nitrogens with two attached hydrogens (primary N) is 1. The predicted octanol–water partition coefficient (Wildman–Crippen LogP) is 0.963. The van der Waals surface area contributed by atoms with Gasteiger partial charge < -0.3 is 10.3 Å². The fourth-order valence-corrected chi connectivity index (χ4v) is 5.09. The van der Waals surface area contributed by atoms with Crippen LogP contribution in [0.4, 0.5) is 4.39 Å². The normalized spacial score (nSPS) is 17.7. The zero-order chi connectivity index (χ0) is 19.8. The number of sulfonamides is 1. The van der Waals surface area contributed by atoms with E-state index in [0.29, 0.717) is 24.3 Å². The van der Waals surface area contributed by atoms with Crippen molar-refractivity contribution in [1.29, 1.82) is 0 Å². The molecule has 1 aromatic carbocycles. The molecule has 1 aromatic heterocycles. The number of primary amides is 1. The van der Waals surface area contributed by atoms with Crippen molar-refractivity contribution < 1.29 is 22.1 Å². The lowest BCUT2D eigenvalue weighted by atomic mass is 10.0. The maximum atomic E-state index is 13.2. The number of aromatic nitrogens is 1. The summed E-state index contributed by atoms with van der Waals surface area (Å²) in [6.07, 6.45) is 0. The standard InChI is InChI=1S/C17H21FN4O4S/c1-11-16(12(2)26-20-11)27(24,25)22-9-7-21(8-10-22)15(17(19)23)13-3-5-14(18)6-4-13/h3-6,15H,7-10H2,1-2H3,(H2,19,23). The topological polar surface area (TPSA) is 110 Å². The molecule has 2 N–H and O–H groups in total. The van der Waals surface area contributed by atoms with Crippen LogP contribution in [0.1, 0.15) is 23.1 Å². The van der Waals surface area contributed by atoms with E-state index in [1.54, 1.807) is 18.7 Å². The van der Waals surface area contributed by atoms with Gasteiger partial charge in [-0.2, -0.15) is 4.31 Å². The first-order valence-corrected chi connectivity index (χ1v) is 9.87. The second-order valence-corrected chi connectivity index (χ2v) is 8.32. The average molecular weight is 396 g/mol. The van der Waals surface area contributed by atoms with Gasteiger partial charge >= 0.3 is 0 Å². The molecule has 1 fully saturated rings. The first-order chi connectivity index (χ1) is 12.7. The number of carbonyl (C=O) groups excluding carboxylic acids is 1. The highest BCUT2D eigenvalue weighted by atomic mass is 32.2. The van der Waals surface area contributed by atoms with Crippen molar-refractivity contribution in [1.82, 2.24) is 14.4 Å². The SMILES string of the molecule is Cc1noc(C)c1S(=O)(=O)N1CCN(C(C(N)=O)c2ccc(F)cc2)CC1. The molecular formula is C17H21FN4O4S. The van der Waals surface area contributed by atoms with E-state index in [9.17, 15) is 17.6 Å². The Labute approximate surface area is 156 Å². The van der Waals surface area contributed by atoms with Crippen LogP contribution in [0, 0.1) is 19.7 Å². The molecule has 1 amide bonds. The summed E-state index contributed by atoms with van der Waals surface area (Å²) in [5.74, 6) is -0.725. The molecule has 0 spiro atoms. The molecule has 1 unspecified atom stereocenters. The Morgan fingerprint density at radius 1 is 1.19 bits per heavy atom. The van der Waals surface area contributed by atoms with Gasteiger partial charge in [-0.25, -0.2) is 12.8 Å². The summed E-state index contributed by atoms with van der Waals surface area (Å²) in [5.41, 5.74) is 6.44. The summed E-state index contributed by atoms with van der Waals surface area (Å²) >= 11 is 0. The molecule has 1 aliphatic rings. The maximum absolute atomic E-state index is 13.2. The number of nitrogens with zero attached hydrogens (tertiary/aromatic N) is 3. The molecule has 2 aromatic rings. The molecule has 10 heteroatoms. The third-order valence-corrected chi connectivity index (χ3v) is 6.80. The Hall–Kier alpha value is -2.30. The van der Waals surface area contributed by atoms with E-state index >= 15 is 0 Å². The number of amides is 1. The molecule has 146 valence electrons. The van der Waals surface area contributed by atoms with E-state index in [-0.39, 0.29) is 23.7 Å². The smallest absolute Gasteiger partial charge is 0.248 e. The summed E-state index contributed by atoms with van der Waals surface area (Å²) in [5, 5.41) is 3.71. The molecule has 1 aliphatic heterocycles. The van der Waals surface area contributed by atoms with Crippen molar-refractivity contribution in [3.63, 3.8) is 0 Å². The lowest BCUT2D eigenvalue weighted by Crippen LogP contribution is -2.51. The number of benzene rings is 1. The van der Waals surface area contributed by atoms with Gasteiger partial charge in [0.2, 0.25) is 15.9 Å². The number of piperazine rings is 1. The number of halogens is 1. The van der Waals surface area contributed by atoms with Crippen LogP contribution in [0.3, 0.4) is 0 Å². The molecular weight excluding hydrogens is 375 g/mol. The Morgan fingerprint density at radius 3 is 2.26 bits per heavy atom. The van der Waals surface area contributed by atoms with Crippen LogP contribution in [0.25, 0.3) is 0 Å². The highest BCUT2D eigenvalue weighted by Crippen LogP contribution is 2.27. The van der Waals surface area contributed by atoms with Crippen LogP contribution in [0.2, 0.25) is 0 Å². The maximum Gasteiger partial charge on any atom is 0.248 e. The number of hydrogen-bond donors (Lipinski definition) is 1. The average Bonchev–Trinajstić information content (AvgIpc) is 2.96. The third kappa shape index (κ3) is 3.73. The lowest BCUT2D eigenvalue weighted by molar-refractivity contribution is -0.124. The highest BCUT2D eigenvalue weighted by molar-refractivity contribution is 7.89. The minimum absolute atomic E-state index is 0.0842. The number of hydrogen-bond acceptors (Lipinski definition) is 6. The van der Waals surface area contributed by atoms with E-state index in [1.807, 2.05) is 0 Å². The monoisotopic (exact) mass is 396 g/mol. The second kappa shape index (κ2) is 7.37. The molecule has 0 aliphatic carbocycles. The van der Waals surface area contributed by atoms with E-state index in [0.717, 1.165) is 0 Å². The second-order valence-electron chi connectivity index (χ2n) is 6.45. The van der Waals surface area contributed by atoms with Crippen LogP contribution in [-0.2, 0) is 14.8 Å². The van der Waals surface area contributed by atoms with Crippen molar-refractivity contribution in [3.05, 3.63) is 47.1 Å². The molecule has 0 radical (unpaired) electrons. The van der Waals surface area contributed by atoms with E-state index in [4.69, 9.17) is 10.3 Å². The molecule has 1 saturated heterocycles. The molecule has 27 heavy (non-hydrogen) atoms. The number of aryl methyl sites for hydroxylation is 2. The molecule has 1 atom stereocenters. The minimum Gasteiger partial charge on any atom is -0.368 e. The van der Waals surface area contributed by atoms with Gasteiger partial charge in [-0.3, -0.25) is 9.69 Å². The largest absolute Gasteiger partial charge is 0.368 e. The van der Waals surface area contributed by atoms with Crippen molar-refractivity contribution in [2.45, 2.75) is 24.8 Å². The first kappa shape index (κ1) is 19.5. The van der Waals surface area contributed by atoms with Crippen LogP contribution in [0.15, 0.2) is 33.7 Å². The zero-order valence-electron chi connectivity index (χ0n) is 15.1.